The number of aryl methyl sites for hydroxylation is 1. The quantitative estimate of drug-likeness (QED) is 0.335. The number of nitrogens with zero attached hydrogens (tertiary/aromatic N) is 3. The molecule has 0 radical (unpaired) electrons. The highest BCUT2D eigenvalue weighted by Gasteiger charge is 2.29. The van der Waals surface area contributed by atoms with E-state index in [1.165, 1.54) is 42.3 Å². The van der Waals surface area contributed by atoms with Crippen LogP contribution in [0.1, 0.15) is 18.4 Å². The van der Waals surface area contributed by atoms with Crippen LogP contribution in [0.5, 0.6) is 0 Å². The SMILES string of the molecule is Cc1c(=O)n(C)c(Nc2ccc(I)cc2F)c2c(=O)n(C)c(=O)n(-c3cccc(NC(=O)C4CC4)c3)c12. The van der Waals surface area contributed by atoms with E-state index < -0.39 is 22.6 Å². The van der Waals surface area contributed by atoms with Crippen LogP contribution in [0.2, 0.25) is 0 Å². The number of rotatable bonds is 5. The summed E-state index contributed by atoms with van der Waals surface area (Å²) in [6.45, 7) is 1.54. The number of hydrogen-bond acceptors (Lipinski definition) is 5. The third-order valence-electron chi connectivity index (χ3n) is 6.51. The highest BCUT2D eigenvalue weighted by molar-refractivity contribution is 14.1. The fourth-order valence-electron chi connectivity index (χ4n) is 4.32. The molecule has 37 heavy (non-hydrogen) atoms. The number of nitrogens with one attached hydrogen (secondary N) is 2. The number of fused-ring (bicyclic) bond motifs is 1. The third-order valence-corrected chi connectivity index (χ3v) is 7.19. The van der Waals surface area contributed by atoms with Gasteiger partial charge in [-0.2, -0.15) is 0 Å². The lowest BCUT2D eigenvalue weighted by molar-refractivity contribution is -0.117. The van der Waals surface area contributed by atoms with E-state index in [-0.39, 0.29) is 39.8 Å². The second kappa shape index (κ2) is 9.29. The van der Waals surface area contributed by atoms with Crippen LogP contribution in [-0.4, -0.2) is 19.6 Å². The highest BCUT2D eigenvalue weighted by Crippen LogP contribution is 2.31. The lowest BCUT2D eigenvalue weighted by Gasteiger charge is -2.20. The number of aromatic nitrogens is 3. The number of hydrogen-bond donors (Lipinski definition) is 2. The lowest BCUT2D eigenvalue weighted by atomic mass is 10.1. The third kappa shape index (κ3) is 4.37. The maximum Gasteiger partial charge on any atom is 0.335 e. The Morgan fingerprint density at radius 2 is 1.76 bits per heavy atom. The van der Waals surface area contributed by atoms with Crippen LogP contribution in [-0.2, 0) is 18.9 Å². The molecule has 1 saturated carbocycles. The Bertz CT molecular complexity index is 1790. The molecule has 190 valence electrons. The van der Waals surface area contributed by atoms with Gasteiger partial charge < -0.3 is 10.6 Å². The van der Waals surface area contributed by atoms with Crippen molar-refractivity contribution in [1.29, 1.82) is 0 Å². The van der Waals surface area contributed by atoms with Gasteiger partial charge in [0.2, 0.25) is 5.91 Å². The van der Waals surface area contributed by atoms with Crippen molar-refractivity contribution >= 4 is 56.6 Å². The Morgan fingerprint density at radius 1 is 1.03 bits per heavy atom. The lowest BCUT2D eigenvalue weighted by Crippen LogP contribution is -2.40. The smallest absolute Gasteiger partial charge is 0.335 e. The largest absolute Gasteiger partial charge is 0.338 e. The van der Waals surface area contributed by atoms with Crippen molar-refractivity contribution in [3.63, 3.8) is 0 Å². The number of carbonyl (C=O) groups excluding carboxylic acids is 1. The van der Waals surface area contributed by atoms with Gasteiger partial charge in [0.15, 0.2) is 0 Å². The van der Waals surface area contributed by atoms with Gasteiger partial charge >= 0.3 is 5.69 Å². The zero-order valence-corrected chi connectivity index (χ0v) is 22.4. The molecule has 2 heterocycles. The van der Waals surface area contributed by atoms with Gasteiger partial charge in [0.1, 0.15) is 17.0 Å². The van der Waals surface area contributed by atoms with E-state index in [4.69, 9.17) is 0 Å². The second-order valence-corrected chi connectivity index (χ2v) is 10.4. The van der Waals surface area contributed by atoms with Gasteiger partial charge in [0.25, 0.3) is 11.1 Å². The number of pyridine rings is 1. The molecular formula is C26H23FIN5O4. The Kier molecular flexibility index (Phi) is 6.26. The van der Waals surface area contributed by atoms with E-state index in [1.807, 2.05) is 22.6 Å². The van der Waals surface area contributed by atoms with Crippen LogP contribution in [0.15, 0.2) is 56.8 Å². The van der Waals surface area contributed by atoms with E-state index >= 15 is 0 Å². The van der Waals surface area contributed by atoms with Crippen LogP contribution in [0.4, 0.5) is 21.6 Å². The average molecular weight is 615 g/mol. The molecule has 1 amide bonds. The van der Waals surface area contributed by atoms with Gasteiger partial charge in [-0.25, -0.2) is 9.18 Å². The van der Waals surface area contributed by atoms with E-state index in [1.54, 1.807) is 30.3 Å². The summed E-state index contributed by atoms with van der Waals surface area (Å²) in [5, 5.41) is 5.80. The van der Waals surface area contributed by atoms with Crippen LogP contribution in [0.25, 0.3) is 16.6 Å². The molecule has 0 spiro atoms. The number of amides is 1. The van der Waals surface area contributed by atoms with Crippen molar-refractivity contribution in [1.82, 2.24) is 13.7 Å². The van der Waals surface area contributed by atoms with Gasteiger partial charge in [-0.15, -0.1) is 0 Å². The molecular weight excluding hydrogens is 592 g/mol. The van der Waals surface area contributed by atoms with E-state index in [9.17, 15) is 23.6 Å². The zero-order valence-electron chi connectivity index (χ0n) is 20.3. The predicted molar refractivity (Wildman–Crippen MR) is 149 cm³/mol. The Morgan fingerprint density at radius 3 is 2.43 bits per heavy atom. The van der Waals surface area contributed by atoms with E-state index in [2.05, 4.69) is 10.6 Å². The minimum Gasteiger partial charge on any atom is -0.338 e. The summed E-state index contributed by atoms with van der Waals surface area (Å²) in [7, 11) is 2.82. The summed E-state index contributed by atoms with van der Waals surface area (Å²) >= 11 is 1.98. The minimum atomic E-state index is -0.661. The second-order valence-electron chi connectivity index (χ2n) is 9.11. The topological polar surface area (TPSA) is 107 Å². The molecule has 4 aromatic rings. The monoisotopic (exact) mass is 615 g/mol. The first-order chi connectivity index (χ1) is 17.6. The van der Waals surface area contributed by atoms with Crippen LogP contribution < -0.4 is 27.4 Å². The Balaban J connectivity index is 1.79. The molecule has 0 saturated heterocycles. The van der Waals surface area contributed by atoms with Crippen LogP contribution in [0.3, 0.4) is 0 Å². The first kappa shape index (κ1) is 24.9. The highest BCUT2D eigenvalue weighted by atomic mass is 127. The molecule has 0 aliphatic heterocycles. The molecule has 9 nitrogen and oxygen atoms in total. The molecule has 2 aromatic carbocycles. The average Bonchev–Trinajstić information content (AvgIpc) is 3.71. The zero-order chi connectivity index (χ0) is 26.6. The number of carbonyl (C=O) groups is 1. The summed E-state index contributed by atoms with van der Waals surface area (Å²) in [6, 6.07) is 11.2. The molecule has 1 fully saturated rings. The maximum atomic E-state index is 14.7. The van der Waals surface area contributed by atoms with Crippen molar-refractivity contribution in [2.24, 2.45) is 20.0 Å². The van der Waals surface area contributed by atoms with Gasteiger partial charge in [0, 0.05) is 34.8 Å². The molecule has 0 atom stereocenters. The first-order valence-corrected chi connectivity index (χ1v) is 12.6. The standard InChI is InChI=1S/C26H23FIN5O4/c1-13-21-20(22(31(2)24(13)35)30-19-10-9-15(28)11-18(19)27)25(36)32(3)26(37)33(21)17-6-4-5-16(12-17)29-23(34)14-7-8-14/h4-6,9-12,14,30H,7-8H2,1-3H3,(H,29,34). The van der Waals surface area contributed by atoms with Crippen molar-refractivity contribution in [2.75, 3.05) is 10.6 Å². The van der Waals surface area contributed by atoms with E-state index in [0.717, 1.165) is 17.4 Å². The van der Waals surface area contributed by atoms with Crippen molar-refractivity contribution in [2.45, 2.75) is 19.8 Å². The molecule has 0 unspecified atom stereocenters. The summed E-state index contributed by atoms with van der Waals surface area (Å²) in [5.41, 5.74) is -0.548. The molecule has 2 N–H and O–H groups in total. The van der Waals surface area contributed by atoms with Crippen molar-refractivity contribution < 1.29 is 9.18 Å². The number of halogens is 2. The minimum absolute atomic E-state index is 0.00897. The van der Waals surface area contributed by atoms with Gasteiger partial charge in [-0.05, 0) is 78.8 Å². The number of anilines is 3. The van der Waals surface area contributed by atoms with E-state index in [0.29, 0.717) is 14.9 Å². The first-order valence-electron chi connectivity index (χ1n) is 11.6. The molecule has 2 aromatic heterocycles. The molecule has 11 heteroatoms. The maximum absolute atomic E-state index is 14.7. The van der Waals surface area contributed by atoms with Gasteiger partial charge in [-0.3, -0.25) is 28.1 Å². The summed E-state index contributed by atoms with van der Waals surface area (Å²) < 4.78 is 18.8. The fourth-order valence-corrected chi connectivity index (χ4v) is 4.77. The molecule has 1 aliphatic rings. The summed E-state index contributed by atoms with van der Waals surface area (Å²) in [6.07, 6.45) is 1.69. The van der Waals surface area contributed by atoms with Crippen LogP contribution in [0, 0.1) is 22.2 Å². The Labute approximate surface area is 223 Å². The molecule has 5 rings (SSSR count). The Hall–Kier alpha value is -3.74. The number of benzene rings is 2. The molecule has 1 aliphatic carbocycles. The summed E-state index contributed by atoms with van der Waals surface area (Å²) in [5.74, 6) is -0.605. The normalized spacial score (nSPS) is 13.1. The predicted octanol–water partition coefficient (Wildman–Crippen LogP) is 3.53. The van der Waals surface area contributed by atoms with Crippen LogP contribution >= 0.6 is 22.6 Å². The summed E-state index contributed by atoms with van der Waals surface area (Å²) in [4.78, 5) is 52.4. The van der Waals surface area contributed by atoms with Gasteiger partial charge in [-0.1, -0.05) is 6.07 Å². The van der Waals surface area contributed by atoms with Crippen molar-refractivity contribution in [3.8, 4) is 5.69 Å². The van der Waals surface area contributed by atoms with Gasteiger partial charge in [0.05, 0.1) is 16.9 Å². The van der Waals surface area contributed by atoms with Crippen molar-refractivity contribution in [3.05, 3.63) is 88.6 Å². The fraction of sp³-hybridized carbons (Fsp3) is 0.231. The molecule has 0 bridgehead atoms.